The van der Waals surface area contributed by atoms with E-state index in [1.807, 2.05) is 0 Å². The number of esters is 1. The molecule has 0 amide bonds. The fourth-order valence-electron chi connectivity index (χ4n) is 0.966. The van der Waals surface area contributed by atoms with Gasteiger partial charge in [-0.3, -0.25) is 4.79 Å². The van der Waals surface area contributed by atoms with Crippen LogP contribution in [-0.2, 0) is 22.5 Å². The van der Waals surface area contributed by atoms with Gasteiger partial charge in [-0.05, 0) is 6.92 Å². The van der Waals surface area contributed by atoms with Crippen LogP contribution in [0.4, 0.5) is 0 Å². The average molecular weight is 262 g/mol. The lowest BCUT2D eigenvalue weighted by Gasteiger charge is -1.99. The topological polar surface area (TPSA) is 57.0 Å². The van der Waals surface area contributed by atoms with Gasteiger partial charge in [0, 0.05) is 17.9 Å². The summed E-state index contributed by atoms with van der Waals surface area (Å²) in [6.07, 6.45) is 2.56. The number of hydrogen-bond donors (Lipinski definition) is 0. The van der Waals surface area contributed by atoms with Crippen molar-refractivity contribution in [3.8, 4) is 0 Å². The van der Waals surface area contributed by atoms with Gasteiger partial charge in [-0.15, -0.1) is 5.10 Å². The van der Waals surface area contributed by atoms with Gasteiger partial charge < -0.3 is 4.74 Å². The molecule has 0 atom stereocenters. The lowest BCUT2D eigenvalue weighted by Crippen LogP contribution is -2.13. The molecular weight excluding hydrogens is 250 g/mol. The second-order valence-electron chi connectivity index (χ2n) is 2.65. The van der Waals surface area contributed by atoms with Crippen LogP contribution in [-0.4, -0.2) is 32.9 Å². The maximum absolute atomic E-state index is 11.1. The molecule has 0 saturated carbocycles. The van der Waals surface area contributed by atoms with Crippen LogP contribution in [0.2, 0.25) is 0 Å². The number of hydrogen-bond acceptors (Lipinski definition) is 4. The number of rotatable bonds is 5. The van der Waals surface area contributed by atoms with Crippen LogP contribution < -0.4 is 0 Å². The predicted molar refractivity (Wildman–Crippen MR) is 54.2 cm³/mol. The number of aryl methyl sites for hydroxylation is 1. The maximum Gasteiger partial charge on any atom is 0.327 e. The molecule has 0 fully saturated rings. The van der Waals surface area contributed by atoms with E-state index in [1.165, 1.54) is 4.68 Å². The molecule has 6 heteroatoms. The Labute approximate surface area is 90.6 Å². The third kappa shape index (κ3) is 3.45. The average Bonchev–Trinajstić information content (AvgIpc) is 2.53. The van der Waals surface area contributed by atoms with E-state index in [2.05, 4.69) is 26.2 Å². The van der Waals surface area contributed by atoms with Crippen LogP contribution in [0.25, 0.3) is 0 Å². The van der Waals surface area contributed by atoms with Crippen molar-refractivity contribution in [1.29, 1.82) is 0 Å². The van der Waals surface area contributed by atoms with Gasteiger partial charge in [0.25, 0.3) is 0 Å². The quantitative estimate of drug-likeness (QED) is 0.581. The maximum atomic E-state index is 11.1. The predicted octanol–water partition coefficient (Wildman–Crippen LogP) is 0.779. The van der Waals surface area contributed by atoms with Gasteiger partial charge in [0.1, 0.15) is 6.54 Å². The van der Waals surface area contributed by atoms with Crippen molar-refractivity contribution >= 4 is 21.9 Å². The van der Waals surface area contributed by atoms with Gasteiger partial charge in [0.05, 0.1) is 12.3 Å². The number of alkyl halides is 1. The first-order valence-electron chi connectivity index (χ1n) is 4.37. The molecule has 5 nitrogen and oxygen atoms in total. The first-order chi connectivity index (χ1) is 6.76. The summed E-state index contributed by atoms with van der Waals surface area (Å²) in [5.41, 5.74) is 0.867. The summed E-state index contributed by atoms with van der Waals surface area (Å²) in [5.74, 6) is -0.289. The Morgan fingerprint density at radius 3 is 3.14 bits per heavy atom. The molecule has 0 aliphatic heterocycles. The van der Waals surface area contributed by atoms with Crippen molar-refractivity contribution in [2.24, 2.45) is 0 Å². The van der Waals surface area contributed by atoms with Crippen molar-refractivity contribution in [2.45, 2.75) is 19.9 Å². The molecule has 0 bridgehead atoms. The Bertz CT molecular complexity index is 301. The number of carbonyl (C=O) groups is 1. The van der Waals surface area contributed by atoms with Gasteiger partial charge in [0.15, 0.2) is 0 Å². The third-order valence-electron chi connectivity index (χ3n) is 1.53. The van der Waals surface area contributed by atoms with E-state index < -0.39 is 0 Å². The smallest absolute Gasteiger partial charge is 0.327 e. The van der Waals surface area contributed by atoms with Gasteiger partial charge in [0.2, 0.25) is 0 Å². The van der Waals surface area contributed by atoms with E-state index in [-0.39, 0.29) is 12.5 Å². The van der Waals surface area contributed by atoms with Crippen LogP contribution in [0.15, 0.2) is 6.20 Å². The van der Waals surface area contributed by atoms with Gasteiger partial charge in [-0.2, -0.15) is 0 Å². The summed E-state index contributed by atoms with van der Waals surface area (Å²) in [7, 11) is 0. The minimum Gasteiger partial charge on any atom is -0.465 e. The fraction of sp³-hybridized carbons (Fsp3) is 0.625. The number of nitrogens with zero attached hydrogens (tertiary/aromatic N) is 3. The second kappa shape index (κ2) is 5.74. The minimum atomic E-state index is -0.289. The van der Waals surface area contributed by atoms with E-state index in [0.717, 1.165) is 17.4 Å². The monoisotopic (exact) mass is 261 g/mol. The molecule has 78 valence electrons. The largest absolute Gasteiger partial charge is 0.465 e. The molecule has 0 radical (unpaired) electrons. The highest BCUT2D eigenvalue weighted by atomic mass is 79.9. The number of halogens is 1. The molecule has 0 aliphatic rings. The lowest BCUT2D eigenvalue weighted by molar-refractivity contribution is -0.144. The van der Waals surface area contributed by atoms with Crippen molar-refractivity contribution in [3.05, 3.63) is 11.9 Å². The highest BCUT2D eigenvalue weighted by molar-refractivity contribution is 9.09. The van der Waals surface area contributed by atoms with Crippen LogP contribution >= 0.6 is 15.9 Å². The molecule has 14 heavy (non-hydrogen) atoms. The Morgan fingerprint density at radius 1 is 1.71 bits per heavy atom. The summed E-state index contributed by atoms with van der Waals surface area (Å²) >= 11 is 3.30. The minimum absolute atomic E-state index is 0.128. The normalized spacial score (nSPS) is 10.1. The molecule has 1 aromatic rings. The number of aromatic nitrogens is 3. The van der Waals surface area contributed by atoms with E-state index in [0.29, 0.717) is 6.61 Å². The zero-order valence-electron chi connectivity index (χ0n) is 7.94. The Kier molecular flexibility index (Phi) is 4.58. The van der Waals surface area contributed by atoms with Gasteiger partial charge in [-0.25, -0.2) is 4.68 Å². The highest BCUT2D eigenvalue weighted by Gasteiger charge is 2.05. The second-order valence-corrected chi connectivity index (χ2v) is 3.44. The zero-order chi connectivity index (χ0) is 10.4. The molecule has 0 spiro atoms. The molecule has 1 heterocycles. The van der Waals surface area contributed by atoms with Crippen LogP contribution in [0.1, 0.15) is 12.6 Å². The molecule has 0 saturated heterocycles. The Balaban J connectivity index is 2.46. The molecule has 0 unspecified atom stereocenters. The van der Waals surface area contributed by atoms with Crippen LogP contribution in [0.3, 0.4) is 0 Å². The SMILES string of the molecule is CCOC(=O)Cn1cc(CCBr)nn1. The summed E-state index contributed by atoms with van der Waals surface area (Å²) in [6.45, 7) is 2.29. The number of ether oxygens (including phenoxy) is 1. The molecule has 0 N–H and O–H groups in total. The standard InChI is InChI=1S/C8H12BrN3O2/c1-2-14-8(13)6-12-5-7(3-4-9)10-11-12/h5H,2-4,6H2,1H3. The van der Waals surface area contributed by atoms with Gasteiger partial charge in [-0.1, -0.05) is 21.1 Å². The fourth-order valence-corrected chi connectivity index (χ4v) is 1.37. The van der Waals surface area contributed by atoms with Crippen molar-refractivity contribution < 1.29 is 9.53 Å². The molecule has 1 aromatic heterocycles. The number of carbonyl (C=O) groups excluding carboxylic acids is 1. The van der Waals surface area contributed by atoms with Crippen LogP contribution in [0.5, 0.6) is 0 Å². The first-order valence-corrected chi connectivity index (χ1v) is 5.49. The van der Waals surface area contributed by atoms with Gasteiger partial charge >= 0.3 is 5.97 Å². The molecule has 1 rings (SSSR count). The Morgan fingerprint density at radius 2 is 2.50 bits per heavy atom. The Hall–Kier alpha value is -0.910. The molecule has 0 aromatic carbocycles. The zero-order valence-corrected chi connectivity index (χ0v) is 9.53. The van der Waals surface area contributed by atoms with E-state index in [4.69, 9.17) is 4.74 Å². The van der Waals surface area contributed by atoms with E-state index in [9.17, 15) is 4.79 Å². The van der Waals surface area contributed by atoms with E-state index in [1.54, 1.807) is 13.1 Å². The van der Waals surface area contributed by atoms with Crippen molar-refractivity contribution in [3.63, 3.8) is 0 Å². The van der Waals surface area contributed by atoms with Crippen LogP contribution in [0, 0.1) is 0 Å². The lowest BCUT2D eigenvalue weighted by atomic mass is 10.4. The highest BCUT2D eigenvalue weighted by Crippen LogP contribution is 1.97. The summed E-state index contributed by atoms with van der Waals surface area (Å²) in [5, 5.41) is 8.53. The van der Waals surface area contributed by atoms with E-state index >= 15 is 0 Å². The molecular formula is C8H12BrN3O2. The third-order valence-corrected chi connectivity index (χ3v) is 1.93. The van der Waals surface area contributed by atoms with Crippen molar-refractivity contribution in [1.82, 2.24) is 15.0 Å². The summed E-state index contributed by atoms with van der Waals surface area (Å²) in [6, 6.07) is 0. The summed E-state index contributed by atoms with van der Waals surface area (Å²) in [4.78, 5) is 11.1. The summed E-state index contributed by atoms with van der Waals surface area (Å²) < 4.78 is 6.26. The first kappa shape index (κ1) is 11.2. The molecule has 0 aliphatic carbocycles. The van der Waals surface area contributed by atoms with Crippen molar-refractivity contribution in [2.75, 3.05) is 11.9 Å².